The van der Waals surface area contributed by atoms with E-state index in [2.05, 4.69) is 55.6 Å². The van der Waals surface area contributed by atoms with Crippen LogP contribution in [0.3, 0.4) is 0 Å². The third-order valence-electron chi connectivity index (χ3n) is 15.4. The van der Waals surface area contributed by atoms with Crippen LogP contribution in [0.5, 0.6) is 0 Å². The molecule has 0 rings (SSSR count). The van der Waals surface area contributed by atoms with Gasteiger partial charge < -0.3 is 20.3 Å². The average molecular weight is 1040 g/mol. The Morgan fingerprint density at radius 3 is 1.08 bits per heavy atom. The van der Waals surface area contributed by atoms with E-state index < -0.39 is 12.1 Å². The number of aliphatic hydroxyl groups is 2. The van der Waals surface area contributed by atoms with E-state index in [4.69, 9.17) is 4.74 Å². The molecule has 74 heavy (non-hydrogen) atoms. The molecule has 0 aromatic heterocycles. The molecule has 6 nitrogen and oxygen atoms in total. The monoisotopic (exact) mass is 1040 g/mol. The third kappa shape index (κ3) is 59.3. The van der Waals surface area contributed by atoms with E-state index in [9.17, 15) is 19.8 Å². The third-order valence-corrected chi connectivity index (χ3v) is 15.4. The van der Waals surface area contributed by atoms with Gasteiger partial charge in [-0.1, -0.05) is 307 Å². The molecular weight excluding hydrogens is 911 g/mol. The molecule has 6 heteroatoms. The smallest absolute Gasteiger partial charge is 0.305 e. The Bertz CT molecular complexity index is 1200. The molecule has 0 aliphatic rings. The first-order valence-corrected chi connectivity index (χ1v) is 33.2. The van der Waals surface area contributed by atoms with E-state index >= 15 is 0 Å². The van der Waals surface area contributed by atoms with Gasteiger partial charge in [0.15, 0.2) is 0 Å². The molecule has 2 unspecified atom stereocenters. The van der Waals surface area contributed by atoms with Crippen molar-refractivity contribution in [2.75, 3.05) is 13.2 Å². The van der Waals surface area contributed by atoms with Crippen molar-refractivity contribution in [3.63, 3.8) is 0 Å². The van der Waals surface area contributed by atoms with Crippen molar-refractivity contribution >= 4 is 11.9 Å². The number of carbonyl (C=O) groups excluding carboxylic acids is 2. The van der Waals surface area contributed by atoms with Gasteiger partial charge in [0.05, 0.1) is 25.4 Å². The molecule has 0 aromatic rings. The predicted octanol–water partition coefficient (Wildman–Crippen LogP) is 21.1. The lowest BCUT2D eigenvalue weighted by Crippen LogP contribution is -2.45. The minimum absolute atomic E-state index is 0.000998. The lowest BCUT2D eigenvalue weighted by Gasteiger charge is -2.22. The summed E-state index contributed by atoms with van der Waals surface area (Å²) in [6, 6.07) is -0.543. The van der Waals surface area contributed by atoms with Gasteiger partial charge in [0, 0.05) is 12.8 Å². The molecule has 0 spiro atoms. The van der Waals surface area contributed by atoms with Crippen LogP contribution in [0.1, 0.15) is 361 Å². The summed E-state index contributed by atoms with van der Waals surface area (Å²) in [5.41, 5.74) is 0. The van der Waals surface area contributed by atoms with Gasteiger partial charge in [0.2, 0.25) is 5.91 Å². The second kappa shape index (κ2) is 63.6. The number of esters is 1. The van der Waals surface area contributed by atoms with E-state index in [1.54, 1.807) is 0 Å². The SMILES string of the molecule is CCCC/C=C\CCCCCCCC(=O)OCCCCCCCCCCC/C=C\C/C=C\CCCCCCCCCCCCCCCC(=O)NC(CO)C(O)CCCCCCCCCCCCCCCCCCC. The highest BCUT2D eigenvalue weighted by atomic mass is 16.5. The molecule has 2 atom stereocenters. The molecule has 1 amide bonds. The first-order valence-electron chi connectivity index (χ1n) is 33.2. The van der Waals surface area contributed by atoms with Crippen molar-refractivity contribution in [3.05, 3.63) is 36.5 Å². The fourth-order valence-electron chi connectivity index (χ4n) is 10.3. The summed E-state index contributed by atoms with van der Waals surface area (Å²) in [4.78, 5) is 24.5. The fraction of sp³-hybridized carbons (Fsp3) is 0.882. The number of unbranched alkanes of at least 4 members (excludes halogenated alkanes) is 45. The summed E-state index contributed by atoms with van der Waals surface area (Å²) >= 11 is 0. The van der Waals surface area contributed by atoms with Gasteiger partial charge in [-0.15, -0.1) is 0 Å². The Hall–Kier alpha value is -1.92. The first-order chi connectivity index (χ1) is 36.5. The fourth-order valence-corrected chi connectivity index (χ4v) is 10.3. The zero-order valence-corrected chi connectivity index (χ0v) is 49.8. The number of ether oxygens (including phenoxy) is 1. The minimum Gasteiger partial charge on any atom is -0.466 e. The van der Waals surface area contributed by atoms with E-state index in [-0.39, 0.29) is 18.5 Å². The Kier molecular flexibility index (Phi) is 62.0. The molecule has 0 bridgehead atoms. The highest BCUT2D eigenvalue weighted by Crippen LogP contribution is 2.18. The highest BCUT2D eigenvalue weighted by Gasteiger charge is 2.20. The number of amides is 1. The van der Waals surface area contributed by atoms with Crippen molar-refractivity contribution < 1.29 is 24.5 Å². The van der Waals surface area contributed by atoms with Crippen LogP contribution in [0.4, 0.5) is 0 Å². The molecule has 3 N–H and O–H groups in total. The molecule has 0 aromatic carbocycles. The summed E-state index contributed by atoms with van der Waals surface area (Å²) in [7, 11) is 0. The molecule has 0 heterocycles. The van der Waals surface area contributed by atoms with Gasteiger partial charge in [-0.05, 0) is 77.0 Å². The Labute approximate surface area is 462 Å². The second-order valence-electron chi connectivity index (χ2n) is 22.8. The van der Waals surface area contributed by atoms with Crippen LogP contribution < -0.4 is 5.32 Å². The van der Waals surface area contributed by atoms with Crippen molar-refractivity contribution in [1.82, 2.24) is 5.32 Å². The van der Waals surface area contributed by atoms with Gasteiger partial charge in [0.1, 0.15) is 0 Å². The summed E-state index contributed by atoms with van der Waals surface area (Å²) in [6.45, 7) is 4.93. The average Bonchev–Trinajstić information content (AvgIpc) is 3.40. The molecule has 0 aliphatic carbocycles. The molecule has 436 valence electrons. The summed E-state index contributed by atoms with van der Waals surface area (Å²) in [5, 5.41) is 23.3. The molecule has 0 saturated carbocycles. The molecule has 0 saturated heterocycles. The minimum atomic E-state index is -0.665. The summed E-state index contributed by atoms with van der Waals surface area (Å²) < 4.78 is 5.46. The van der Waals surface area contributed by atoms with Gasteiger partial charge in [-0.25, -0.2) is 0 Å². The van der Waals surface area contributed by atoms with Crippen molar-refractivity contribution in [3.8, 4) is 0 Å². The zero-order chi connectivity index (χ0) is 53.6. The van der Waals surface area contributed by atoms with E-state index in [0.717, 1.165) is 51.4 Å². The van der Waals surface area contributed by atoms with Gasteiger partial charge in [-0.2, -0.15) is 0 Å². The van der Waals surface area contributed by atoms with Crippen LogP contribution in [-0.2, 0) is 14.3 Å². The quantitative estimate of drug-likeness (QED) is 0.0320. The number of hydrogen-bond acceptors (Lipinski definition) is 5. The molecule has 0 radical (unpaired) electrons. The van der Waals surface area contributed by atoms with E-state index in [1.165, 1.54) is 276 Å². The van der Waals surface area contributed by atoms with Gasteiger partial charge in [0.25, 0.3) is 0 Å². The van der Waals surface area contributed by atoms with Crippen LogP contribution in [0, 0.1) is 0 Å². The normalized spacial score (nSPS) is 12.8. The van der Waals surface area contributed by atoms with Gasteiger partial charge >= 0.3 is 5.97 Å². The number of aliphatic hydroxyl groups excluding tert-OH is 2. The number of allylic oxidation sites excluding steroid dienone is 6. The van der Waals surface area contributed by atoms with Crippen LogP contribution in [0.2, 0.25) is 0 Å². The lowest BCUT2D eigenvalue weighted by atomic mass is 10.0. The number of hydrogen-bond donors (Lipinski definition) is 3. The van der Waals surface area contributed by atoms with Crippen molar-refractivity contribution in [1.29, 1.82) is 0 Å². The maximum Gasteiger partial charge on any atom is 0.305 e. The standard InChI is InChI=1S/C68H129NO5/c1-3-5-7-9-11-13-15-16-17-31-34-37-41-44-48-52-56-60-66(71)65(64-70)69-67(72)61-57-53-49-45-42-38-35-32-29-27-25-23-21-19-18-20-22-24-26-28-30-33-36-39-43-47-51-55-59-63-74-68(73)62-58-54-50-46-40-14-12-10-8-6-4-2/h10,12,18,20,24,26,65-66,70-71H,3-9,11,13-17,19,21-23,25,27-64H2,1-2H3,(H,69,72)/b12-10-,20-18-,26-24-. The second-order valence-corrected chi connectivity index (χ2v) is 22.8. The maximum absolute atomic E-state index is 12.5. The van der Waals surface area contributed by atoms with Crippen molar-refractivity contribution in [2.45, 2.75) is 373 Å². The van der Waals surface area contributed by atoms with Crippen LogP contribution >= 0.6 is 0 Å². The Morgan fingerprint density at radius 2 is 0.689 bits per heavy atom. The zero-order valence-electron chi connectivity index (χ0n) is 49.8. The van der Waals surface area contributed by atoms with Crippen LogP contribution in [0.15, 0.2) is 36.5 Å². The topological polar surface area (TPSA) is 95.9 Å². The van der Waals surface area contributed by atoms with E-state index in [0.29, 0.717) is 25.9 Å². The Balaban J connectivity index is 3.41. The largest absolute Gasteiger partial charge is 0.466 e. The lowest BCUT2D eigenvalue weighted by molar-refractivity contribution is -0.143. The number of carbonyl (C=O) groups is 2. The van der Waals surface area contributed by atoms with E-state index in [1.807, 2.05) is 0 Å². The number of rotatable bonds is 62. The van der Waals surface area contributed by atoms with Crippen LogP contribution in [-0.4, -0.2) is 47.4 Å². The maximum atomic E-state index is 12.5. The molecule has 0 fully saturated rings. The first kappa shape index (κ1) is 72.1. The summed E-state index contributed by atoms with van der Waals surface area (Å²) in [6.07, 6.45) is 80.3. The summed E-state index contributed by atoms with van der Waals surface area (Å²) in [5.74, 6) is -0.0323. The highest BCUT2D eigenvalue weighted by molar-refractivity contribution is 5.76. The Morgan fingerprint density at radius 1 is 0.378 bits per heavy atom. The number of nitrogens with one attached hydrogen (secondary N) is 1. The van der Waals surface area contributed by atoms with Crippen LogP contribution in [0.25, 0.3) is 0 Å². The van der Waals surface area contributed by atoms with Gasteiger partial charge in [-0.3, -0.25) is 9.59 Å². The predicted molar refractivity (Wildman–Crippen MR) is 324 cm³/mol. The molecular formula is C68H129NO5. The van der Waals surface area contributed by atoms with Crippen molar-refractivity contribution in [2.24, 2.45) is 0 Å². The molecule has 0 aliphatic heterocycles.